The van der Waals surface area contributed by atoms with E-state index in [2.05, 4.69) is 5.32 Å². The van der Waals surface area contributed by atoms with Gasteiger partial charge >= 0.3 is 5.97 Å². The van der Waals surface area contributed by atoms with E-state index in [1.54, 1.807) is 24.3 Å². The predicted octanol–water partition coefficient (Wildman–Crippen LogP) is 2.21. The lowest BCUT2D eigenvalue weighted by Gasteiger charge is -2.34. The van der Waals surface area contributed by atoms with Gasteiger partial charge in [-0.25, -0.2) is 4.79 Å². The van der Waals surface area contributed by atoms with Crippen molar-refractivity contribution in [2.75, 3.05) is 7.11 Å². The zero-order chi connectivity index (χ0) is 14.6. The molecule has 0 radical (unpaired) electrons. The van der Waals surface area contributed by atoms with E-state index in [0.29, 0.717) is 24.2 Å². The number of rotatable bonds is 4. The van der Waals surface area contributed by atoms with E-state index >= 15 is 0 Å². The molecule has 0 unspecified atom stereocenters. The standard InChI is InChI=1S/C15H19NO4/c1-20-12-7-5-6-11(10-12)13(17)16-15(14(18)19)8-3-2-4-9-15/h5-7,10H,2-4,8-9H2,1H3,(H,16,17)(H,18,19). The Morgan fingerprint density at radius 2 is 1.95 bits per heavy atom. The van der Waals surface area contributed by atoms with Gasteiger partial charge in [0.1, 0.15) is 11.3 Å². The highest BCUT2D eigenvalue weighted by molar-refractivity contribution is 5.98. The Morgan fingerprint density at radius 3 is 2.55 bits per heavy atom. The topological polar surface area (TPSA) is 75.6 Å². The number of hydrogen-bond acceptors (Lipinski definition) is 3. The number of hydrogen-bond donors (Lipinski definition) is 2. The SMILES string of the molecule is COc1cccc(C(=O)NC2(C(=O)O)CCCCC2)c1. The third-order valence-electron chi connectivity index (χ3n) is 3.80. The van der Waals surface area contributed by atoms with Gasteiger partial charge in [-0.05, 0) is 31.0 Å². The highest BCUT2D eigenvalue weighted by Gasteiger charge is 2.41. The van der Waals surface area contributed by atoms with Crippen LogP contribution in [0.2, 0.25) is 0 Å². The smallest absolute Gasteiger partial charge is 0.329 e. The minimum atomic E-state index is -1.13. The molecule has 0 bridgehead atoms. The number of carboxylic acids is 1. The number of aliphatic carboxylic acids is 1. The summed E-state index contributed by atoms with van der Waals surface area (Å²) in [6.07, 6.45) is 3.63. The zero-order valence-corrected chi connectivity index (χ0v) is 11.5. The summed E-state index contributed by atoms with van der Waals surface area (Å²) in [6, 6.07) is 6.70. The highest BCUT2D eigenvalue weighted by atomic mass is 16.5. The second kappa shape index (κ2) is 5.94. The van der Waals surface area contributed by atoms with Crippen molar-refractivity contribution in [3.8, 4) is 5.75 Å². The summed E-state index contributed by atoms with van der Waals surface area (Å²) >= 11 is 0. The molecule has 1 fully saturated rings. The van der Waals surface area contributed by atoms with Crippen LogP contribution in [0.1, 0.15) is 42.5 Å². The van der Waals surface area contributed by atoms with Crippen molar-refractivity contribution in [1.29, 1.82) is 0 Å². The van der Waals surface area contributed by atoms with Gasteiger partial charge in [-0.3, -0.25) is 4.79 Å². The molecule has 0 aromatic heterocycles. The molecule has 5 heteroatoms. The molecular weight excluding hydrogens is 258 g/mol. The van der Waals surface area contributed by atoms with E-state index in [0.717, 1.165) is 19.3 Å². The molecule has 0 heterocycles. The number of ether oxygens (including phenoxy) is 1. The highest BCUT2D eigenvalue weighted by Crippen LogP contribution is 2.29. The van der Waals surface area contributed by atoms with Crippen LogP contribution >= 0.6 is 0 Å². The molecule has 0 saturated heterocycles. The van der Waals surface area contributed by atoms with Crippen LogP contribution in [0.5, 0.6) is 5.75 Å². The molecule has 1 amide bonds. The summed E-state index contributed by atoms with van der Waals surface area (Å²) in [5.74, 6) is -0.743. The molecule has 20 heavy (non-hydrogen) atoms. The molecule has 0 spiro atoms. The van der Waals surface area contributed by atoms with Crippen LogP contribution in [-0.4, -0.2) is 29.6 Å². The number of benzene rings is 1. The van der Waals surface area contributed by atoms with Crippen LogP contribution in [0.15, 0.2) is 24.3 Å². The third-order valence-corrected chi connectivity index (χ3v) is 3.80. The molecule has 0 atom stereocenters. The first-order valence-corrected chi connectivity index (χ1v) is 6.77. The van der Waals surface area contributed by atoms with Crippen LogP contribution in [0.3, 0.4) is 0 Å². The van der Waals surface area contributed by atoms with Crippen molar-refractivity contribution in [2.45, 2.75) is 37.6 Å². The van der Waals surface area contributed by atoms with Crippen LogP contribution in [0, 0.1) is 0 Å². The summed E-state index contributed by atoms with van der Waals surface area (Å²) in [5.41, 5.74) is -0.714. The monoisotopic (exact) mass is 277 g/mol. The van der Waals surface area contributed by atoms with Gasteiger partial charge in [-0.1, -0.05) is 25.3 Å². The van der Waals surface area contributed by atoms with E-state index in [4.69, 9.17) is 4.74 Å². The fraction of sp³-hybridized carbons (Fsp3) is 0.467. The summed E-state index contributed by atoms with van der Waals surface area (Å²) in [4.78, 5) is 23.8. The number of carbonyl (C=O) groups excluding carboxylic acids is 1. The number of carbonyl (C=O) groups is 2. The third kappa shape index (κ3) is 2.92. The molecule has 1 aliphatic carbocycles. The van der Waals surface area contributed by atoms with Gasteiger partial charge in [-0.15, -0.1) is 0 Å². The molecule has 1 aromatic carbocycles. The Balaban J connectivity index is 2.17. The number of nitrogens with one attached hydrogen (secondary N) is 1. The molecule has 0 aliphatic heterocycles. The summed E-state index contributed by atoms with van der Waals surface area (Å²) in [6.45, 7) is 0. The quantitative estimate of drug-likeness (QED) is 0.884. The second-order valence-electron chi connectivity index (χ2n) is 5.13. The minimum absolute atomic E-state index is 0.367. The van der Waals surface area contributed by atoms with E-state index in [1.807, 2.05) is 0 Å². The van der Waals surface area contributed by atoms with Gasteiger partial charge in [0.25, 0.3) is 5.91 Å². The maximum absolute atomic E-state index is 12.3. The van der Waals surface area contributed by atoms with Gasteiger partial charge in [0.15, 0.2) is 0 Å². The van der Waals surface area contributed by atoms with Crippen LogP contribution in [0.4, 0.5) is 0 Å². The number of methoxy groups -OCH3 is 1. The number of amides is 1. The van der Waals surface area contributed by atoms with E-state index < -0.39 is 11.5 Å². The van der Waals surface area contributed by atoms with Crippen molar-refractivity contribution in [3.05, 3.63) is 29.8 Å². The van der Waals surface area contributed by atoms with E-state index in [1.165, 1.54) is 7.11 Å². The Labute approximate surface area is 117 Å². The van der Waals surface area contributed by atoms with Crippen molar-refractivity contribution in [1.82, 2.24) is 5.32 Å². The molecule has 1 aromatic rings. The molecular formula is C15H19NO4. The van der Waals surface area contributed by atoms with Crippen molar-refractivity contribution in [2.24, 2.45) is 0 Å². The summed E-state index contributed by atoms with van der Waals surface area (Å²) in [7, 11) is 1.52. The van der Waals surface area contributed by atoms with E-state index in [-0.39, 0.29) is 5.91 Å². The molecule has 108 valence electrons. The predicted molar refractivity (Wildman–Crippen MR) is 73.9 cm³/mol. The number of carboxylic acid groups (broad SMARTS) is 1. The van der Waals surface area contributed by atoms with Crippen molar-refractivity contribution in [3.63, 3.8) is 0 Å². The molecule has 2 rings (SSSR count). The lowest BCUT2D eigenvalue weighted by atomic mass is 9.81. The second-order valence-corrected chi connectivity index (χ2v) is 5.13. The summed E-state index contributed by atoms with van der Waals surface area (Å²) in [5, 5.41) is 12.2. The Morgan fingerprint density at radius 1 is 1.25 bits per heavy atom. The van der Waals surface area contributed by atoms with Crippen molar-refractivity contribution >= 4 is 11.9 Å². The molecule has 1 aliphatic rings. The first-order valence-electron chi connectivity index (χ1n) is 6.77. The van der Waals surface area contributed by atoms with Crippen molar-refractivity contribution < 1.29 is 19.4 Å². The Kier molecular flexibility index (Phi) is 4.27. The van der Waals surface area contributed by atoms with Gasteiger partial charge < -0.3 is 15.2 Å². The van der Waals surface area contributed by atoms with Crippen LogP contribution in [0.25, 0.3) is 0 Å². The Hall–Kier alpha value is -2.04. The van der Waals surface area contributed by atoms with Gasteiger partial charge in [0.05, 0.1) is 7.11 Å². The van der Waals surface area contributed by atoms with Gasteiger partial charge in [-0.2, -0.15) is 0 Å². The average Bonchev–Trinajstić information content (AvgIpc) is 2.48. The van der Waals surface area contributed by atoms with E-state index in [9.17, 15) is 14.7 Å². The first kappa shape index (κ1) is 14.4. The molecule has 1 saturated carbocycles. The van der Waals surface area contributed by atoms with Gasteiger partial charge in [0.2, 0.25) is 0 Å². The van der Waals surface area contributed by atoms with Crippen LogP contribution in [-0.2, 0) is 4.79 Å². The fourth-order valence-electron chi connectivity index (χ4n) is 2.60. The molecule has 2 N–H and O–H groups in total. The fourth-order valence-corrected chi connectivity index (χ4v) is 2.60. The maximum Gasteiger partial charge on any atom is 0.329 e. The summed E-state index contributed by atoms with van der Waals surface area (Å²) < 4.78 is 5.07. The lowest BCUT2D eigenvalue weighted by Crippen LogP contribution is -2.55. The molecule has 5 nitrogen and oxygen atoms in total. The van der Waals surface area contributed by atoms with Gasteiger partial charge in [0, 0.05) is 5.56 Å². The average molecular weight is 277 g/mol. The minimum Gasteiger partial charge on any atom is -0.497 e. The first-order chi connectivity index (χ1) is 9.57. The largest absolute Gasteiger partial charge is 0.497 e. The zero-order valence-electron chi connectivity index (χ0n) is 11.5. The lowest BCUT2D eigenvalue weighted by molar-refractivity contribution is -0.145. The normalized spacial score (nSPS) is 17.2. The maximum atomic E-state index is 12.3. The Bertz CT molecular complexity index is 506. The van der Waals surface area contributed by atoms with Crippen LogP contribution < -0.4 is 10.1 Å².